The number of carbonyl (C=O) groups excluding carboxylic acids is 1. The van der Waals surface area contributed by atoms with Crippen LogP contribution >= 0.6 is 0 Å². The Morgan fingerprint density at radius 3 is 2.24 bits per heavy atom. The van der Waals surface area contributed by atoms with E-state index in [1.807, 2.05) is 0 Å². The quantitative estimate of drug-likeness (QED) is 0.197. The number of aliphatic hydroxyl groups excluding tert-OH is 2. The summed E-state index contributed by atoms with van der Waals surface area (Å²) in [7, 11) is 0. The molecule has 0 amide bonds. The lowest BCUT2D eigenvalue weighted by Gasteiger charge is -2.64. The molecule has 0 aromatic heterocycles. The molecule has 0 heterocycles. The van der Waals surface area contributed by atoms with Crippen LogP contribution in [-0.2, 0) is 16.0 Å². The molecular weight excluding hydrogens is 564 g/mol. The Morgan fingerprint density at radius 1 is 0.822 bits per heavy atom. The summed E-state index contributed by atoms with van der Waals surface area (Å²) in [6.45, 7) is 14.5. The van der Waals surface area contributed by atoms with E-state index in [1.165, 1.54) is 50.7 Å². The standard InChI is InChI=1S/C39H60O6/c1-35(2)29-12-9-25-22-36(3)18-15-31-38(5,30(36)13-10-26(25)37(29,4)19-16-32(35)43)20-17-33(39(31,6)23-40)45-34(44)14-8-24-7-11-27(41)28(42)21-24/h7,11,21,25-26,29-33,40-43H,8-10,12-20,22-23H2,1-6H3/t25?,26-,29-,30-,31+,32-,33-,36-,37+,38+,39+/m0/s1. The average Bonchev–Trinajstić information content (AvgIpc) is 3.14. The molecule has 0 radical (unpaired) electrons. The van der Waals surface area contributed by atoms with Gasteiger partial charge in [0.25, 0.3) is 0 Å². The second kappa shape index (κ2) is 11.4. The van der Waals surface area contributed by atoms with Gasteiger partial charge in [0.2, 0.25) is 0 Å². The maximum absolute atomic E-state index is 13.1. The summed E-state index contributed by atoms with van der Waals surface area (Å²) >= 11 is 0. The van der Waals surface area contributed by atoms with Crippen LogP contribution in [0.15, 0.2) is 18.2 Å². The van der Waals surface area contributed by atoms with Crippen LogP contribution in [0.3, 0.4) is 0 Å². The molecule has 1 aromatic rings. The van der Waals surface area contributed by atoms with Gasteiger partial charge in [0.1, 0.15) is 6.10 Å². The van der Waals surface area contributed by atoms with Crippen LogP contribution in [0.2, 0.25) is 0 Å². The Kier molecular flexibility index (Phi) is 8.41. The summed E-state index contributed by atoms with van der Waals surface area (Å²) in [5, 5.41) is 41.4. The monoisotopic (exact) mass is 624 g/mol. The number of hydrogen-bond donors (Lipinski definition) is 4. The fourth-order valence-corrected chi connectivity index (χ4v) is 13.1. The summed E-state index contributed by atoms with van der Waals surface area (Å²) in [6, 6.07) is 4.65. The largest absolute Gasteiger partial charge is 0.504 e. The van der Waals surface area contributed by atoms with Gasteiger partial charge in [-0.15, -0.1) is 0 Å². The summed E-state index contributed by atoms with van der Waals surface area (Å²) in [6.07, 6.45) is 12.6. The molecule has 11 atom stereocenters. The van der Waals surface area contributed by atoms with Gasteiger partial charge in [0.15, 0.2) is 11.5 Å². The molecule has 6 rings (SSSR count). The molecule has 6 nitrogen and oxygen atoms in total. The van der Waals surface area contributed by atoms with E-state index in [2.05, 4.69) is 41.5 Å². The normalized spacial score (nSPS) is 45.6. The second-order valence-corrected chi connectivity index (χ2v) is 18.0. The third-order valence-electron chi connectivity index (χ3n) is 15.4. The number of phenols is 2. The van der Waals surface area contributed by atoms with Gasteiger partial charge in [0.05, 0.1) is 12.7 Å². The van der Waals surface area contributed by atoms with Crippen molar-refractivity contribution in [2.24, 2.45) is 56.7 Å². The van der Waals surface area contributed by atoms with Gasteiger partial charge in [-0.2, -0.15) is 0 Å². The Labute approximate surface area is 271 Å². The molecule has 5 saturated carbocycles. The van der Waals surface area contributed by atoms with Crippen LogP contribution in [0.1, 0.15) is 124 Å². The highest BCUT2D eigenvalue weighted by atomic mass is 16.5. The molecule has 6 heteroatoms. The lowest BCUT2D eigenvalue weighted by Crippen LogP contribution is -2.61. The SMILES string of the molecule is CC1(C)[C@@H](O)CC[C@]2(C)[C@H]3CC[C@H]4[C@@](C)(CC[C@@H]5[C@]4(C)CC[C@H](OC(=O)CCc4ccc(O)c(O)c4)[C@]5(C)CO)CC3CC[C@@H]12. The van der Waals surface area contributed by atoms with Crippen LogP contribution in [0.4, 0.5) is 0 Å². The third kappa shape index (κ3) is 5.23. The van der Waals surface area contributed by atoms with E-state index in [0.717, 1.165) is 43.6 Å². The van der Waals surface area contributed by atoms with Gasteiger partial charge in [-0.1, -0.05) is 47.6 Å². The molecule has 5 fully saturated rings. The van der Waals surface area contributed by atoms with Crippen molar-refractivity contribution in [1.82, 2.24) is 0 Å². The lowest BCUT2D eigenvalue weighted by atomic mass is 9.41. The van der Waals surface area contributed by atoms with E-state index in [-0.39, 0.29) is 58.9 Å². The Morgan fingerprint density at radius 2 is 1.53 bits per heavy atom. The Balaban J connectivity index is 1.19. The zero-order valence-electron chi connectivity index (χ0n) is 28.8. The van der Waals surface area contributed by atoms with Gasteiger partial charge in [-0.05, 0) is 146 Å². The molecule has 0 saturated heterocycles. The molecule has 0 aliphatic heterocycles. The van der Waals surface area contributed by atoms with Gasteiger partial charge in [-0.3, -0.25) is 4.79 Å². The molecule has 0 bridgehead atoms. The lowest BCUT2D eigenvalue weighted by molar-refractivity contribution is -0.207. The van der Waals surface area contributed by atoms with E-state index >= 15 is 0 Å². The number of phenolic OH excluding ortho intramolecular Hbond substituents is 2. The predicted octanol–water partition coefficient (Wildman–Crippen LogP) is 7.79. The van der Waals surface area contributed by atoms with E-state index in [4.69, 9.17) is 4.74 Å². The Bertz CT molecular complexity index is 1280. The van der Waals surface area contributed by atoms with E-state index < -0.39 is 5.41 Å². The van der Waals surface area contributed by atoms with Gasteiger partial charge in [-0.25, -0.2) is 0 Å². The number of carbonyl (C=O) groups is 1. The summed E-state index contributed by atoms with van der Waals surface area (Å²) < 4.78 is 6.20. The fraction of sp³-hybridized carbons (Fsp3) is 0.821. The highest BCUT2D eigenvalue weighted by molar-refractivity contribution is 5.70. The van der Waals surface area contributed by atoms with Crippen molar-refractivity contribution in [3.8, 4) is 11.5 Å². The van der Waals surface area contributed by atoms with E-state index in [1.54, 1.807) is 6.07 Å². The van der Waals surface area contributed by atoms with Crippen LogP contribution in [0, 0.1) is 56.7 Å². The molecule has 45 heavy (non-hydrogen) atoms. The van der Waals surface area contributed by atoms with E-state index in [0.29, 0.717) is 35.5 Å². The molecule has 4 N–H and O–H groups in total. The number of ether oxygens (including phenoxy) is 1. The van der Waals surface area contributed by atoms with Crippen molar-refractivity contribution >= 4 is 5.97 Å². The molecule has 1 aromatic carbocycles. The maximum atomic E-state index is 13.1. The van der Waals surface area contributed by atoms with Gasteiger partial charge < -0.3 is 25.2 Å². The molecule has 5 aliphatic rings. The first-order valence-corrected chi connectivity index (χ1v) is 18.1. The number of aliphatic hydroxyl groups is 2. The predicted molar refractivity (Wildman–Crippen MR) is 176 cm³/mol. The zero-order chi connectivity index (χ0) is 32.6. The minimum absolute atomic E-state index is 0.0167. The molecule has 1 unspecified atom stereocenters. The summed E-state index contributed by atoms with van der Waals surface area (Å²) in [5.41, 5.74) is 0.931. The van der Waals surface area contributed by atoms with Crippen molar-refractivity contribution in [2.75, 3.05) is 6.61 Å². The number of aryl methyl sites for hydroxylation is 1. The van der Waals surface area contributed by atoms with Crippen molar-refractivity contribution in [3.63, 3.8) is 0 Å². The molecule has 5 aliphatic carbocycles. The Hall–Kier alpha value is -1.79. The third-order valence-corrected chi connectivity index (χ3v) is 15.4. The molecule has 252 valence electrons. The number of rotatable bonds is 5. The van der Waals surface area contributed by atoms with E-state index in [9.17, 15) is 25.2 Å². The molecular formula is C39H60O6. The smallest absolute Gasteiger partial charge is 0.306 e. The molecule has 0 spiro atoms. The first kappa shape index (κ1) is 33.1. The number of aromatic hydroxyl groups is 2. The van der Waals surface area contributed by atoms with Crippen LogP contribution in [0.25, 0.3) is 0 Å². The highest BCUT2D eigenvalue weighted by Crippen LogP contribution is 2.71. The number of fused-ring (bicyclic) bond motifs is 6. The maximum Gasteiger partial charge on any atom is 0.306 e. The van der Waals surface area contributed by atoms with Crippen molar-refractivity contribution in [1.29, 1.82) is 0 Å². The highest BCUT2D eigenvalue weighted by Gasteiger charge is 2.65. The van der Waals surface area contributed by atoms with Crippen LogP contribution < -0.4 is 0 Å². The van der Waals surface area contributed by atoms with Crippen molar-refractivity contribution in [2.45, 2.75) is 137 Å². The summed E-state index contributed by atoms with van der Waals surface area (Å²) in [4.78, 5) is 13.1. The van der Waals surface area contributed by atoms with Crippen LogP contribution in [-0.4, -0.2) is 45.2 Å². The number of benzene rings is 1. The van der Waals surface area contributed by atoms with Crippen molar-refractivity contribution in [3.05, 3.63) is 23.8 Å². The first-order chi connectivity index (χ1) is 21.1. The zero-order valence-corrected chi connectivity index (χ0v) is 28.8. The minimum Gasteiger partial charge on any atom is -0.504 e. The topological polar surface area (TPSA) is 107 Å². The minimum atomic E-state index is -0.486. The number of esters is 1. The number of hydrogen-bond acceptors (Lipinski definition) is 6. The average molecular weight is 625 g/mol. The van der Waals surface area contributed by atoms with Crippen molar-refractivity contribution < 1.29 is 30.0 Å². The van der Waals surface area contributed by atoms with Gasteiger partial charge >= 0.3 is 5.97 Å². The summed E-state index contributed by atoms with van der Waals surface area (Å²) in [5.74, 6) is 2.31. The van der Waals surface area contributed by atoms with Gasteiger partial charge in [0, 0.05) is 11.8 Å². The fourth-order valence-electron chi connectivity index (χ4n) is 13.1. The first-order valence-electron chi connectivity index (χ1n) is 18.1. The second-order valence-electron chi connectivity index (χ2n) is 18.0. The van der Waals surface area contributed by atoms with Crippen LogP contribution in [0.5, 0.6) is 11.5 Å².